The molecular formula is C9H14N4OS. The Balaban J connectivity index is 2.11. The Labute approximate surface area is 92.4 Å². The molecule has 0 bridgehead atoms. The van der Waals surface area contributed by atoms with Gasteiger partial charge in [-0.3, -0.25) is 9.89 Å². The standard InChI is InChI=1S/C9H14N4OS/c1-6-5-13(2-3-15-6)9(14)8-7(10)4-11-12-8/h4,6H,2-3,5,10H2,1H3,(H,11,12). The maximum absolute atomic E-state index is 12.0. The molecule has 1 aromatic rings. The first-order valence-corrected chi connectivity index (χ1v) is 5.93. The topological polar surface area (TPSA) is 75.0 Å². The molecule has 1 aromatic heterocycles. The first kappa shape index (κ1) is 10.4. The van der Waals surface area contributed by atoms with Crippen molar-refractivity contribution in [2.45, 2.75) is 12.2 Å². The van der Waals surface area contributed by atoms with Gasteiger partial charge in [-0.2, -0.15) is 16.9 Å². The van der Waals surface area contributed by atoms with Crippen LogP contribution in [0.4, 0.5) is 5.69 Å². The van der Waals surface area contributed by atoms with Gasteiger partial charge in [-0.1, -0.05) is 6.92 Å². The van der Waals surface area contributed by atoms with Crippen LogP contribution in [0, 0.1) is 0 Å². The summed E-state index contributed by atoms with van der Waals surface area (Å²) in [4.78, 5) is 13.8. The number of amides is 1. The van der Waals surface area contributed by atoms with Crippen LogP contribution in [0.15, 0.2) is 6.20 Å². The molecule has 1 saturated heterocycles. The van der Waals surface area contributed by atoms with E-state index in [4.69, 9.17) is 5.73 Å². The lowest BCUT2D eigenvalue weighted by atomic mass is 10.3. The van der Waals surface area contributed by atoms with Gasteiger partial charge in [-0.15, -0.1) is 0 Å². The van der Waals surface area contributed by atoms with Gasteiger partial charge in [0.1, 0.15) is 5.69 Å². The number of nitrogens with one attached hydrogen (secondary N) is 1. The number of carbonyl (C=O) groups excluding carboxylic acids is 1. The summed E-state index contributed by atoms with van der Waals surface area (Å²) in [5.74, 6) is 0.943. The Morgan fingerprint density at radius 2 is 2.60 bits per heavy atom. The number of nitrogens with two attached hydrogens (primary N) is 1. The number of aromatic nitrogens is 2. The summed E-state index contributed by atoms with van der Waals surface area (Å²) >= 11 is 1.89. The fourth-order valence-electron chi connectivity index (χ4n) is 1.63. The van der Waals surface area contributed by atoms with E-state index in [0.717, 1.165) is 18.8 Å². The number of rotatable bonds is 1. The number of thioether (sulfide) groups is 1. The quantitative estimate of drug-likeness (QED) is 0.734. The highest BCUT2D eigenvalue weighted by atomic mass is 32.2. The molecule has 0 aliphatic carbocycles. The van der Waals surface area contributed by atoms with Crippen molar-refractivity contribution in [2.24, 2.45) is 0 Å². The molecule has 1 aliphatic rings. The van der Waals surface area contributed by atoms with Crippen LogP contribution >= 0.6 is 11.8 Å². The van der Waals surface area contributed by atoms with E-state index in [2.05, 4.69) is 17.1 Å². The summed E-state index contributed by atoms with van der Waals surface area (Å²) in [6.07, 6.45) is 1.47. The smallest absolute Gasteiger partial charge is 0.274 e. The average Bonchev–Trinajstić information content (AvgIpc) is 2.63. The van der Waals surface area contributed by atoms with Crippen LogP contribution in [0.3, 0.4) is 0 Å². The largest absolute Gasteiger partial charge is 0.396 e. The molecule has 0 radical (unpaired) electrons. The van der Waals surface area contributed by atoms with Crippen LogP contribution in [0.25, 0.3) is 0 Å². The van der Waals surface area contributed by atoms with Crippen LogP contribution in [-0.2, 0) is 0 Å². The van der Waals surface area contributed by atoms with Crippen LogP contribution in [0.1, 0.15) is 17.4 Å². The number of nitrogens with zero attached hydrogens (tertiary/aromatic N) is 2. The molecule has 1 unspecified atom stereocenters. The molecule has 2 heterocycles. The predicted molar refractivity (Wildman–Crippen MR) is 60.8 cm³/mol. The third-order valence-electron chi connectivity index (χ3n) is 2.41. The second kappa shape index (κ2) is 4.14. The fraction of sp³-hybridized carbons (Fsp3) is 0.556. The van der Waals surface area contributed by atoms with Crippen LogP contribution < -0.4 is 5.73 Å². The Hall–Kier alpha value is -1.17. The summed E-state index contributed by atoms with van der Waals surface area (Å²) in [5, 5.41) is 6.89. The number of hydrogen-bond acceptors (Lipinski definition) is 4. The number of anilines is 1. The SMILES string of the molecule is CC1CN(C(=O)c2[nH]ncc2N)CCS1. The molecule has 1 aliphatic heterocycles. The third kappa shape index (κ3) is 2.09. The van der Waals surface area contributed by atoms with Gasteiger partial charge < -0.3 is 10.6 Å². The minimum Gasteiger partial charge on any atom is -0.396 e. The van der Waals surface area contributed by atoms with E-state index in [-0.39, 0.29) is 5.91 Å². The molecule has 1 amide bonds. The first-order valence-electron chi connectivity index (χ1n) is 4.88. The van der Waals surface area contributed by atoms with Gasteiger partial charge in [0.15, 0.2) is 0 Å². The van der Waals surface area contributed by atoms with Gasteiger partial charge in [-0.25, -0.2) is 0 Å². The summed E-state index contributed by atoms with van der Waals surface area (Å²) < 4.78 is 0. The highest BCUT2D eigenvalue weighted by Gasteiger charge is 2.24. The van der Waals surface area contributed by atoms with Crippen molar-refractivity contribution in [3.63, 3.8) is 0 Å². The highest BCUT2D eigenvalue weighted by Crippen LogP contribution is 2.20. The lowest BCUT2D eigenvalue weighted by Crippen LogP contribution is -2.41. The fourth-order valence-corrected chi connectivity index (χ4v) is 2.64. The van der Waals surface area contributed by atoms with E-state index >= 15 is 0 Å². The van der Waals surface area contributed by atoms with Crippen LogP contribution in [0.5, 0.6) is 0 Å². The maximum atomic E-state index is 12.0. The molecule has 0 aromatic carbocycles. The lowest BCUT2D eigenvalue weighted by molar-refractivity contribution is 0.0758. The number of aromatic amines is 1. The molecule has 5 nitrogen and oxygen atoms in total. The van der Waals surface area contributed by atoms with Gasteiger partial charge in [0.05, 0.1) is 11.9 Å². The number of hydrogen-bond donors (Lipinski definition) is 2. The Bertz CT molecular complexity index is 365. The lowest BCUT2D eigenvalue weighted by Gasteiger charge is -2.30. The Kier molecular flexibility index (Phi) is 2.86. The molecule has 2 rings (SSSR count). The van der Waals surface area contributed by atoms with Crippen molar-refractivity contribution < 1.29 is 4.79 Å². The normalized spacial score (nSPS) is 21.7. The van der Waals surface area contributed by atoms with E-state index in [1.807, 2.05) is 16.7 Å². The molecule has 3 N–H and O–H groups in total. The molecule has 0 spiro atoms. The van der Waals surface area contributed by atoms with E-state index in [1.165, 1.54) is 6.20 Å². The van der Waals surface area contributed by atoms with E-state index in [9.17, 15) is 4.79 Å². The maximum Gasteiger partial charge on any atom is 0.274 e. The van der Waals surface area contributed by atoms with Crippen LogP contribution in [-0.4, -0.2) is 45.1 Å². The minimum atomic E-state index is -0.0443. The van der Waals surface area contributed by atoms with Crippen molar-refractivity contribution in [3.05, 3.63) is 11.9 Å². The Morgan fingerprint density at radius 3 is 3.20 bits per heavy atom. The van der Waals surface area contributed by atoms with Gasteiger partial charge in [0.25, 0.3) is 5.91 Å². The summed E-state index contributed by atoms with van der Waals surface area (Å²) in [6.45, 7) is 3.69. The second-order valence-corrected chi connectivity index (χ2v) is 5.18. The van der Waals surface area contributed by atoms with Gasteiger partial charge in [0, 0.05) is 24.1 Å². The molecule has 0 saturated carbocycles. The highest BCUT2D eigenvalue weighted by molar-refractivity contribution is 7.99. The third-order valence-corrected chi connectivity index (χ3v) is 3.55. The molecular weight excluding hydrogens is 212 g/mol. The summed E-state index contributed by atoms with van der Waals surface area (Å²) in [7, 11) is 0. The molecule has 1 fully saturated rings. The average molecular weight is 226 g/mol. The zero-order valence-electron chi connectivity index (χ0n) is 8.56. The van der Waals surface area contributed by atoms with Gasteiger partial charge in [-0.05, 0) is 0 Å². The van der Waals surface area contributed by atoms with Gasteiger partial charge in [0.2, 0.25) is 0 Å². The van der Waals surface area contributed by atoms with Crippen molar-refractivity contribution in [3.8, 4) is 0 Å². The first-order chi connectivity index (χ1) is 7.18. The van der Waals surface area contributed by atoms with E-state index in [1.54, 1.807) is 0 Å². The zero-order chi connectivity index (χ0) is 10.8. The molecule has 6 heteroatoms. The van der Waals surface area contributed by atoms with Crippen molar-refractivity contribution in [2.75, 3.05) is 24.6 Å². The molecule has 15 heavy (non-hydrogen) atoms. The predicted octanol–water partition coefficient (Wildman–Crippen LogP) is 0.569. The number of carbonyl (C=O) groups is 1. The minimum absolute atomic E-state index is 0.0443. The van der Waals surface area contributed by atoms with Crippen LogP contribution in [0.2, 0.25) is 0 Å². The van der Waals surface area contributed by atoms with Gasteiger partial charge >= 0.3 is 0 Å². The van der Waals surface area contributed by atoms with Crippen molar-refractivity contribution >= 4 is 23.4 Å². The summed E-state index contributed by atoms with van der Waals surface area (Å²) in [6, 6.07) is 0. The molecule has 82 valence electrons. The summed E-state index contributed by atoms with van der Waals surface area (Å²) in [5.41, 5.74) is 6.47. The van der Waals surface area contributed by atoms with Crippen molar-refractivity contribution in [1.29, 1.82) is 0 Å². The zero-order valence-corrected chi connectivity index (χ0v) is 9.38. The number of nitrogen functional groups attached to an aromatic ring is 1. The van der Waals surface area contributed by atoms with E-state index < -0.39 is 0 Å². The second-order valence-electron chi connectivity index (χ2n) is 3.63. The monoisotopic (exact) mass is 226 g/mol. The number of H-pyrrole nitrogens is 1. The van der Waals surface area contributed by atoms with Crippen molar-refractivity contribution in [1.82, 2.24) is 15.1 Å². The van der Waals surface area contributed by atoms with E-state index in [0.29, 0.717) is 16.6 Å². The molecule has 1 atom stereocenters. The Morgan fingerprint density at radius 1 is 1.80 bits per heavy atom.